The summed E-state index contributed by atoms with van der Waals surface area (Å²) in [5.74, 6) is 0. The molecule has 0 spiro atoms. The molecule has 48 valence electrons. The van der Waals surface area contributed by atoms with E-state index in [2.05, 4.69) is 0 Å². The molecule has 0 aliphatic heterocycles. The minimum Gasteiger partial charge on any atom is -2.00 e. The molecule has 0 rings (SSSR count). The smallest absolute Gasteiger partial charge is 2.00 e. The van der Waals surface area contributed by atoms with E-state index in [1.807, 2.05) is 0 Å². The summed E-state index contributed by atoms with van der Waals surface area (Å²) in [6, 6.07) is 0. The van der Waals surface area contributed by atoms with Crippen LogP contribution in [0.15, 0.2) is 0 Å². The van der Waals surface area contributed by atoms with Crippen LogP contribution in [0.3, 0.4) is 0 Å². The van der Waals surface area contributed by atoms with Gasteiger partial charge in [-0.3, -0.25) is 0 Å². The quantitative estimate of drug-likeness (QED) is 0.406. The molecule has 0 heterocycles. The van der Waals surface area contributed by atoms with Gasteiger partial charge in [0.25, 0.3) is 0 Å². The van der Waals surface area contributed by atoms with E-state index in [9.17, 15) is 0 Å². The van der Waals surface area contributed by atoms with E-state index in [1.54, 1.807) is 0 Å². The van der Waals surface area contributed by atoms with Gasteiger partial charge >= 0.3 is 47.8 Å². The van der Waals surface area contributed by atoms with Crippen molar-refractivity contribution in [2.75, 3.05) is 0 Å². The summed E-state index contributed by atoms with van der Waals surface area (Å²) in [5, 5.41) is 13.5. The first-order valence-corrected chi connectivity index (χ1v) is 0.855. The predicted octanol–water partition coefficient (Wildman–Crippen LogP) is -1.66. The van der Waals surface area contributed by atoms with Gasteiger partial charge in [-0.05, 0) is 0 Å². The summed E-state index contributed by atoms with van der Waals surface area (Å²) in [4.78, 5) is 16.5. The molecule has 0 saturated heterocycles. The second-order valence-corrected chi connectivity index (χ2v) is 0.183. The van der Waals surface area contributed by atoms with Crippen molar-refractivity contribution >= 4 is 60.8 Å². The molecule has 0 atom stereocenters. The van der Waals surface area contributed by atoms with E-state index in [1.165, 1.54) is 0 Å². The zero-order chi connectivity index (χ0) is 5.41. The molecule has 0 amide bonds. The summed E-state index contributed by atoms with van der Waals surface area (Å²) in [7, 11) is 0. The molecule has 4 radical (unpaired) electrons. The van der Waals surface area contributed by atoms with E-state index in [0.29, 0.717) is 12.9 Å². The average Bonchev–Trinajstić information content (AvgIpc) is 1.39. The second-order valence-electron chi connectivity index (χ2n) is 0.183. The maximum atomic E-state index is 8.24. The third-order valence-corrected chi connectivity index (χ3v) is 0. The molecule has 0 aliphatic carbocycles. The van der Waals surface area contributed by atoms with E-state index in [0.717, 1.165) is 0 Å². The van der Waals surface area contributed by atoms with Gasteiger partial charge < -0.3 is 25.3 Å². The molecular weight excluding hydrogens is 341 g/mol. The predicted molar refractivity (Wildman–Crippen MR) is 28.8 cm³/mol. The standard InChI is InChI=1S/2CHO2.O.2Sn/c2*2-1-3;;;/h2*(H,2,3);;;/q2*-1;-2;2*+2. The first kappa shape index (κ1) is 33.9. The van der Waals surface area contributed by atoms with Crippen molar-refractivity contribution in [3.05, 3.63) is 0 Å². The summed E-state index contributed by atoms with van der Waals surface area (Å²) < 4.78 is 0. The normalized spacial score (nSPS) is 2.67. The number of hydrogen-bond acceptors (Lipinski definition) is 2. The zero-order valence-electron chi connectivity index (χ0n) is 4.12. The molecule has 2 N–H and O–H groups in total. The fraction of sp³-hybridized carbons (Fsp3) is 0. The number of rotatable bonds is 0. The van der Waals surface area contributed by atoms with Gasteiger partial charge in [-0.15, -0.1) is 0 Å². The van der Waals surface area contributed by atoms with Gasteiger partial charge in [-0.2, -0.15) is 0 Å². The molecule has 0 saturated carbocycles. The summed E-state index contributed by atoms with van der Waals surface area (Å²) in [6.45, 7) is 1.00. The Morgan fingerprint density at radius 3 is 0.889 bits per heavy atom. The summed E-state index contributed by atoms with van der Waals surface area (Å²) >= 11 is 0. The first-order valence-electron chi connectivity index (χ1n) is 0.855. The Labute approximate surface area is 85.7 Å². The third kappa shape index (κ3) is 1450. The Kier molecular flexibility index (Phi) is 288. The molecule has 0 bridgehead atoms. The molecule has 0 aliphatic rings. The third-order valence-electron chi connectivity index (χ3n) is 0. The van der Waals surface area contributed by atoms with Crippen LogP contribution in [-0.2, 0) is 15.1 Å². The molecule has 0 unspecified atom stereocenters. The van der Waals surface area contributed by atoms with Gasteiger partial charge in [0.05, 0.1) is 0 Å². The van der Waals surface area contributed by atoms with Crippen LogP contribution in [0.25, 0.3) is 0 Å². The molecular formula is C2H2O5Sn2. The minimum atomic E-state index is 0. The van der Waals surface area contributed by atoms with Crippen LogP contribution in [0.2, 0.25) is 0 Å². The van der Waals surface area contributed by atoms with Gasteiger partial charge in [0.1, 0.15) is 0 Å². The van der Waals surface area contributed by atoms with Gasteiger partial charge in [-0.1, -0.05) is 12.9 Å². The Morgan fingerprint density at radius 2 is 0.889 bits per heavy atom. The van der Waals surface area contributed by atoms with E-state index < -0.39 is 0 Å². The van der Waals surface area contributed by atoms with Crippen LogP contribution >= 0.6 is 0 Å². The van der Waals surface area contributed by atoms with Crippen molar-refractivity contribution in [2.45, 2.75) is 0 Å². The molecule has 0 aromatic rings. The van der Waals surface area contributed by atoms with E-state index in [-0.39, 0.29) is 53.3 Å². The fourth-order valence-corrected chi connectivity index (χ4v) is 0. The Balaban J connectivity index is -0.00000000889. The van der Waals surface area contributed by atoms with Crippen molar-refractivity contribution in [3.8, 4) is 0 Å². The largest absolute Gasteiger partial charge is 2.00 e. The van der Waals surface area contributed by atoms with Crippen molar-refractivity contribution in [3.63, 3.8) is 0 Å². The topological polar surface area (TPSA) is 103 Å². The Morgan fingerprint density at radius 1 is 0.889 bits per heavy atom. The molecule has 0 aromatic carbocycles. The minimum absolute atomic E-state index is 0. The van der Waals surface area contributed by atoms with Crippen LogP contribution < -0.4 is 0 Å². The van der Waals surface area contributed by atoms with Crippen molar-refractivity contribution in [1.82, 2.24) is 0 Å². The van der Waals surface area contributed by atoms with Crippen molar-refractivity contribution in [1.29, 1.82) is 0 Å². The second kappa shape index (κ2) is 76.6. The Hall–Kier alpha value is 0.497. The van der Waals surface area contributed by atoms with Crippen LogP contribution in [0.5, 0.6) is 0 Å². The average molecular weight is 343 g/mol. The summed E-state index contributed by atoms with van der Waals surface area (Å²) in [6.07, 6.45) is 0. The Bertz CT molecular complexity index is 33.9. The van der Waals surface area contributed by atoms with Gasteiger partial charge in [0, 0.05) is 0 Å². The van der Waals surface area contributed by atoms with Crippen LogP contribution in [0.1, 0.15) is 0 Å². The van der Waals surface area contributed by atoms with Crippen molar-refractivity contribution in [2.24, 2.45) is 0 Å². The number of hydrogen-bond donors (Lipinski definition) is 2. The number of aliphatic hydroxyl groups excluding tert-OH is 2. The van der Waals surface area contributed by atoms with Crippen molar-refractivity contribution < 1.29 is 25.3 Å². The van der Waals surface area contributed by atoms with Crippen LogP contribution in [-0.4, -0.2) is 71.0 Å². The zero-order valence-corrected chi connectivity index (χ0v) is 9.83. The molecule has 7 heteroatoms. The van der Waals surface area contributed by atoms with Gasteiger partial charge in [0.15, 0.2) is 0 Å². The first-order chi connectivity index (χ1) is 2.83. The molecule has 9 heavy (non-hydrogen) atoms. The van der Waals surface area contributed by atoms with E-state index in [4.69, 9.17) is 19.8 Å². The van der Waals surface area contributed by atoms with Gasteiger partial charge in [-0.25, -0.2) is 0 Å². The molecule has 0 aromatic heterocycles. The molecule has 5 nitrogen and oxygen atoms in total. The fourth-order valence-electron chi connectivity index (χ4n) is 0. The van der Waals surface area contributed by atoms with E-state index >= 15 is 0 Å². The van der Waals surface area contributed by atoms with Crippen LogP contribution in [0.4, 0.5) is 0 Å². The maximum absolute atomic E-state index is 8.24. The maximum Gasteiger partial charge on any atom is 2.00 e. The van der Waals surface area contributed by atoms with Gasteiger partial charge in [0.2, 0.25) is 0 Å². The SMILES string of the molecule is O=[C-]O.O=[C-]O.[O-2].[Sn+2].[Sn+2]. The molecule has 0 fully saturated rings. The monoisotopic (exact) mass is 346 g/mol. The van der Waals surface area contributed by atoms with Crippen LogP contribution in [0, 0.1) is 0 Å². The summed E-state index contributed by atoms with van der Waals surface area (Å²) in [5.41, 5.74) is 0.